The van der Waals surface area contributed by atoms with E-state index in [0.717, 1.165) is 52.0 Å². The molecule has 2 saturated carbocycles. The van der Waals surface area contributed by atoms with E-state index in [1.165, 1.54) is 25.7 Å². The molecule has 2 fully saturated rings. The molecule has 0 atom stereocenters. The quantitative estimate of drug-likeness (QED) is 0.604. The van der Waals surface area contributed by atoms with Crippen molar-refractivity contribution in [1.29, 1.82) is 0 Å². The zero-order valence-electron chi connectivity index (χ0n) is 15.1. The van der Waals surface area contributed by atoms with Gasteiger partial charge in [-0.15, -0.1) is 0 Å². The number of hydrogen-bond donors (Lipinski definition) is 0. The molecule has 0 amide bonds. The second-order valence-corrected chi connectivity index (χ2v) is 8.48. The van der Waals surface area contributed by atoms with Crippen LogP contribution in [0.5, 0.6) is 0 Å². The number of aromatic nitrogens is 2. The standard InChI is InChI=1S/C21H26BrN3/c1-3-12-25(20(16-4-5-16)17-6-7-17)21-23-13-14(2)19(24-21)15-8-10-18(22)11-9-15/h8-11,13,16-17,20H,3-7,12H2,1-2H3. The van der Waals surface area contributed by atoms with Gasteiger partial charge in [0.15, 0.2) is 0 Å². The van der Waals surface area contributed by atoms with Crippen molar-refractivity contribution in [1.82, 2.24) is 9.97 Å². The van der Waals surface area contributed by atoms with Crippen molar-refractivity contribution in [2.75, 3.05) is 11.4 Å². The van der Waals surface area contributed by atoms with Gasteiger partial charge in [0, 0.05) is 28.8 Å². The SMILES string of the molecule is CCCN(c1ncc(C)c(-c2ccc(Br)cc2)n1)C(C1CC1)C1CC1. The molecule has 3 nitrogen and oxygen atoms in total. The van der Waals surface area contributed by atoms with E-state index in [1.807, 2.05) is 6.20 Å². The molecule has 2 aliphatic carbocycles. The van der Waals surface area contributed by atoms with Crippen LogP contribution in [0.1, 0.15) is 44.6 Å². The molecule has 1 aromatic carbocycles. The van der Waals surface area contributed by atoms with E-state index in [2.05, 4.69) is 58.9 Å². The summed E-state index contributed by atoms with van der Waals surface area (Å²) >= 11 is 3.52. The summed E-state index contributed by atoms with van der Waals surface area (Å²) in [7, 11) is 0. The molecule has 25 heavy (non-hydrogen) atoms. The second kappa shape index (κ2) is 7.06. The van der Waals surface area contributed by atoms with Gasteiger partial charge in [-0.05, 0) is 68.6 Å². The van der Waals surface area contributed by atoms with Gasteiger partial charge in [0.25, 0.3) is 0 Å². The minimum absolute atomic E-state index is 0.653. The van der Waals surface area contributed by atoms with Crippen molar-refractivity contribution < 1.29 is 0 Å². The van der Waals surface area contributed by atoms with Gasteiger partial charge in [0.2, 0.25) is 5.95 Å². The largest absolute Gasteiger partial charge is 0.337 e. The van der Waals surface area contributed by atoms with E-state index in [4.69, 9.17) is 9.97 Å². The molecule has 132 valence electrons. The molecule has 4 rings (SSSR count). The fourth-order valence-corrected chi connectivity index (χ4v) is 4.13. The molecule has 0 aliphatic heterocycles. The first-order valence-corrected chi connectivity index (χ1v) is 10.3. The Balaban J connectivity index is 1.70. The van der Waals surface area contributed by atoms with Gasteiger partial charge in [-0.3, -0.25) is 0 Å². The number of halogens is 1. The molecule has 4 heteroatoms. The first kappa shape index (κ1) is 17.0. The molecule has 1 aromatic heterocycles. The number of aryl methyl sites for hydroxylation is 1. The van der Waals surface area contributed by atoms with Crippen molar-refractivity contribution in [2.24, 2.45) is 11.8 Å². The summed E-state index contributed by atoms with van der Waals surface area (Å²) in [5.74, 6) is 2.65. The lowest BCUT2D eigenvalue weighted by Crippen LogP contribution is -2.40. The molecule has 0 spiro atoms. The highest BCUT2D eigenvalue weighted by Crippen LogP contribution is 2.48. The van der Waals surface area contributed by atoms with Crippen LogP contribution in [0, 0.1) is 18.8 Å². The molecular weight excluding hydrogens is 374 g/mol. The fourth-order valence-electron chi connectivity index (χ4n) is 3.86. The van der Waals surface area contributed by atoms with Crippen molar-refractivity contribution in [3.8, 4) is 11.3 Å². The number of anilines is 1. The predicted octanol–water partition coefficient (Wildman–Crippen LogP) is 5.62. The van der Waals surface area contributed by atoms with Crippen LogP contribution >= 0.6 is 15.9 Å². The van der Waals surface area contributed by atoms with E-state index in [9.17, 15) is 0 Å². The third-order valence-electron chi connectivity index (χ3n) is 5.37. The van der Waals surface area contributed by atoms with Crippen molar-refractivity contribution in [3.63, 3.8) is 0 Å². The highest BCUT2D eigenvalue weighted by Gasteiger charge is 2.45. The Morgan fingerprint density at radius 1 is 1.12 bits per heavy atom. The van der Waals surface area contributed by atoms with Crippen LogP contribution in [0.4, 0.5) is 5.95 Å². The summed E-state index contributed by atoms with van der Waals surface area (Å²) in [6.07, 6.45) is 8.67. The number of nitrogens with zero attached hydrogens (tertiary/aromatic N) is 3. The monoisotopic (exact) mass is 399 g/mol. The van der Waals surface area contributed by atoms with Crippen LogP contribution in [-0.2, 0) is 0 Å². The van der Waals surface area contributed by atoms with Gasteiger partial charge in [-0.1, -0.05) is 35.0 Å². The van der Waals surface area contributed by atoms with Crippen LogP contribution in [0.3, 0.4) is 0 Å². The Morgan fingerprint density at radius 2 is 1.76 bits per heavy atom. The van der Waals surface area contributed by atoms with Crippen LogP contribution in [0.2, 0.25) is 0 Å². The van der Waals surface area contributed by atoms with Gasteiger partial charge >= 0.3 is 0 Å². The maximum atomic E-state index is 5.03. The van der Waals surface area contributed by atoms with Crippen molar-refractivity contribution in [3.05, 3.63) is 40.5 Å². The van der Waals surface area contributed by atoms with Crippen molar-refractivity contribution in [2.45, 2.75) is 52.0 Å². The van der Waals surface area contributed by atoms with Gasteiger partial charge in [-0.2, -0.15) is 0 Å². The van der Waals surface area contributed by atoms with Crippen LogP contribution in [0.25, 0.3) is 11.3 Å². The normalized spacial score (nSPS) is 17.1. The molecule has 0 saturated heterocycles. The summed E-state index contributed by atoms with van der Waals surface area (Å²) in [4.78, 5) is 12.3. The van der Waals surface area contributed by atoms with Crippen LogP contribution in [0.15, 0.2) is 34.9 Å². The average Bonchev–Trinajstić information content (AvgIpc) is 3.51. The smallest absolute Gasteiger partial charge is 0.226 e. The molecule has 0 unspecified atom stereocenters. The van der Waals surface area contributed by atoms with Gasteiger partial charge < -0.3 is 4.90 Å². The second-order valence-electron chi connectivity index (χ2n) is 7.57. The highest BCUT2D eigenvalue weighted by molar-refractivity contribution is 9.10. The highest BCUT2D eigenvalue weighted by atomic mass is 79.9. The van der Waals surface area contributed by atoms with Crippen molar-refractivity contribution >= 4 is 21.9 Å². The summed E-state index contributed by atoms with van der Waals surface area (Å²) in [6, 6.07) is 9.08. The number of benzene rings is 1. The molecule has 0 N–H and O–H groups in total. The molecule has 2 aromatic rings. The third kappa shape index (κ3) is 3.74. The lowest BCUT2D eigenvalue weighted by Gasteiger charge is -2.32. The first-order chi connectivity index (χ1) is 12.2. The van der Waals surface area contributed by atoms with E-state index in [-0.39, 0.29) is 0 Å². The number of hydrogen-bond acceptors (Lipinski definition) is 3. The Kier molecular flexibility index (Phi) is 4.81. The molecule has 0 bridgehead atoms. The maximum absolute atomic E-state index is 5.03. The topological polar surface area (TPSA) is 29.0 Å². The Labute approximate surface area is 159 Å². The summed E-state index contributed by atoms with van der Waals surface area (Å²) in [5, 5.41) is 0. The third-order valence-corrected chi connectivity index (χ3v) is 5.90. The van der Waals surface area contributed by atoms with E-state index in [1.54, 1.807) is 0 Å². The maximum Gasteiger partial charge on any atom is 0.226 e. The van der Waals surface area contributed by atoms with Gasteiger partial charge in [-0.25, -0.2) is 9.97 Å². The van der Waals surface area contributed by atoms with Gasteiger partial charge in [0.1, 0.15) is 0 Å². The van der Waals surface area contributed by atoms with Gasteiger partial charge in [0.05, 0.1) is 5.69 Å². The fraction of sp³-hybridized carbons (Fsp3) is 0.524. The molecule has 2 aliphatic rings. The summed E-state index contributed by atoms with van der Waals surface area (Å²) in [6.45, 7) is 5.42. The molecule has 0 radical (unpaired) electrons. The first-order valence-electron chi connectivity index (χ1n) is 9.53. The number of rotatable bonds is 7. The minimum atomic E-state index is 0.653. The zero-order valence-corrected chi connectivity index (χ0v) is 16.7. The zero-order chi connectivity index (χ0) is 17.4. The Bertz CT molecular complexity index is 723. The summed E-state index contributed by atoms with van der Waals surface area (Å²) in [5.41, 5.74) is 3.36. The predicted molar refractivity (Wildman–Crippen MR) is 107 cm³/mol. The Hall–Kier alpha value is -1.42. The van der Waals surface area contributed by atoms with E-state index in [0.29, 0.717) is 6.04 Å². The molecule has 1 heterocycles. The Morgan fingerprint density at radius 3 is 2.32 bits per heavy atom. The lowest BCUT2D eigenvalue weighted by atomic mass is 10.0. The average molecular weight is 400 g/mol. The minimum Gasteiger partial charge on any atom is -0.337 e. The summed E-state index contributed by atoms with van der Waals surface area (Å²) < 4.78 is 1.10. The van der Waals surface area contributed by atoms with E-state index < -0.39 is 0 Å². The van der Waals surface area contributed by atoms with Crippen LogP contribution < -0.4 is 4.90 Å². The lowest BCUT2D eigenvalue weighted by molar-refractivity contribution is 0.469. The van der Waals surface area contributed by atoms with E-state index >= 15 is 0 Å². The molecular formula is C21H26BrN3. The van der Waals surface area contributed by atoms with Crippen LogP contribution in [-0.4, -0.2) is 22.6 Å².